The Labute approximate surface area is 283 Å². The molecule has 5 aromatic rings. The molecule has 1 aliphatic rings. The average molecular weight is 644 g/mol. The van der Waals surface area contributed by atoms with Gasteiger partial charge in [-0.3, -0.25) is 4.79 Å². The number of amides is 1. The quantitative estimate of drug-likeness (QED) is 0.142. The lowest BCUT2D eigenvalue weighted by Gasteiger charge is -2.33. The zero-order valence-corrected chi connectivity index (χ0v) is 28.1. The van der Waals surface area contributed by atoms with Gasteiger partial charge in [0.25, 0.3) is 5.91 Å². The van der Waals surface area contributed by atoms with E-state index in [1.807, 2.05) is 85.8 Å². The molecule has 0 saturated carbocycles. The number of unbranched alkanes of at least 4 members (excludes halogenated alkanes) is 2. The molecule has 0 spiro atoms. The van der Waals surface area contributed by atoms with Crippen molar-refractivity contribution in [3.63, 3.8) is 0 Å². The lowest BCUT2D eigenvalue weighted by Crippen LogP contribution is -2.32. The minimum atomic E-state index is -0.474. The Balaban J connectivity index is 1.51. The van der Waals surface area contributed by atoms with Crippen LogP contribution in [0.25, 0.3) is 11.1 Å². The Hall–Kier alpha value is -4.74. The number of carbonyl (C=O) groups is 1. The van der Waals surface area contributed by atoms with Crippen molar-refractivity contribution in [3.8, 4) is 22.6 Å². The smallest absolute Gasteiger partial charge is 0.252 e. The summed E-state index contributed by atoms with van der Waals surface area (Å²) in [6, 6.07) is 35.7. The van der Waals surface area contributed by atoms with Crippen molar-refractivity contribution in [3.05, 3.63) is 136 Å². The molecule has 6 rings (SSSR count). The molecule has 1 heterocycles. The number of halogens is 1. The summed E-state index contributed by atoms with van der Waals surface area (Å²) in [5.74, 6) is 1.34. The number of carbonyl (C=O) groups excluding carboxylic acids is 1. The summed E-state index contributed by atoms with van der Waals surface area (Å²) in [5, 5.41) is 7.64. The van der Waals surface area contributed by atoms with E-state index in [0.29, 0.717) is 16.3 Å². The lowest BCUT2D eigenvalue weighted by atomic mass is 9.86. The van der Waals surface area contributed by atoms with Gasteiger partial charge in [-0.2, -0.15) is 0 Å². The van der Waals surface area contributed by atoms with Crippen molar-refractivity contribution in [2.45, 2.75) is 52.5 Å². The van der Waals surface area contributed by atoms with E-state index in [-0.39, 0.29) is 5.91 Å². The predicted molar refractivity (Wildman–Crippen MR) is 196 cm³/mol. The van der Waals surface area contributed by atoms with Crippen LogP contribution in [0, 0.1) is 6.92 Å². The van der Waals surface area contributed by atoms with E-state index in [1.54, 1.807) is 0 Å². The lowest BCUT2D eigenvalue weighted by molar-refractivity contribution is 0.0941. The third-order valence-electron chi connectivity index (χ3n) is 8.82. The van der Waals surface area contributed by atoms with Gasteiger partial charge in [-0.1, -0.05) is 105 Å². The average Bonchev–Trinajstić information content (AvgIpc) is 3.09. The molecule has 0 bridgehead atoms. The first-order valence-electron chi connectivity index (χ1n) is 16.7. The molecule has 1 atom stereocenters. The van der Waals surface area contributed by atoms with E-state index >= 15 is 0 Å². The van der Waals surface area contributed by atoms with Crippen LogP contribution in [0.5, 0.6) is 11.5 Å². The molecule has 1 aliphatic heterocycles. The van der Waals surface area contributed by atoms with E-state index < -0.39 is 6.04 Å². The molecular formula is C41H42ClN3O2. The number of nitrogens with one attached hydrogen (secondary N) is 2. The first kappa shape index (κ1) is 32.2. The molecular weight excluding hydrogens is 602 g/mol. The number of nitrogens with zero attached hydrogens (tertiary/aromatic N) is 1. The molecule has 0 saturated heterocycles. The number of benzene rings is 5. The van der Waals surface area contributed by atoms with Crippen molar-refractivity contribution in [1.29, 1.82) is 0 Å². The minimum absolute atomic E-state index is 0.132. The van der Waals surface area contributed by atoms with Gasteiger partial charge in [-0.15, -0.1) is 0 Å². The highest BCUT2D eigenvalue weighted by molar-refractivity contribution is 6.33. The Morgan fingerprint density at radius 3 is 2.21 bits per heavy atom. The zero-order chi connectivity index (χ0) is 32.8. The van der Waals surface area contributed by atoms with Crippen molar-refractivity contribution < 1.29 is 9.53 Å². The highest BCUT2D eigenvalue weighted by Gasteiger charge is 2.34. The maximum atomic E-state index is 14.0. The third-order valence-corrected chi connectivity index (χ3v) is 9.15. The fourth-order valence-electron chi connectivity index (χ4n) is 6.28. The second kappa shape index (κ2) is 14.8. The van der Waals surface area contributed by atoms with Crippen molar-refractivity contribution in [2.24, 2.45) is 0 Å². The Morgan fingerprint density at radius 1 is 0.787 bits per heavy atom. The molecule has 0 aromatic heterocycles. The molecule has 0 fully saturated rings. The third kappa shape index (κ3) is 7.01. The molecule has 47 heavy (non-hydrogen) atoms. The molecule has 240 valence electrons. The number of ether oxygens (including phenoxy) is 1. The van der Waals surface area contributed by atoms with Crippen LogP contribution in [0.4, 0.5) is 17.1 Å². The first-order valence-corrected chi connectivity index (χ1v) is 17.0. The minimum Gasteiger partial charge on any atom is -0.457 e. The summed E-state index contributed by atoms with van der Waals surface area (Å²) in [6.07, 6.45) is 4.52. The summed E-state index contributed by atoms with van der Waals surface area (Å²) in [4.78, 5) is 16.5. The van der Waals surface area contributed by atoms with Crippen molar-refractivity contribution in [1.82, 2.24) is 5.32 Å². The fourth-order valence-corrected chi connectivity index (χ4v) is 6.46. The van der Waals surface area contributed by atoms with Gasteiger partial charge in [-0.25, -0.2) is 0 Å². The topological polar surface area (TPSA) is 53.6 Å². The van der Waals surface area contributed by atoms with E-state index in [4.69, 9.17) is 16.3 Å². The second-order valence-corrected chi connectivity index (χ2v) is 12.5. The maximum Gasteiger partial charge on any atom is 0.252 e. The van der Waals surface area contributed by atoms with Crippen LogP contribution in [0.3, 0.4) is 0 Å². The van der Waals surface area contributed by atoms with Gasteiger partial charge in [-0.05, 0) is 67.3 Å². The van der Waals surface area contributed by atoms with Gasteiger partial charge < -0.3 is 20.3 Å². The van der Waals surface area contributed by atoms with E-state index in [1.165, 1.54) is 0 Å². The second-order valence-electron chi connectivity index (χ2n) is 12.1. The molecule has 6 heteroatoms. The molecule has 2 N–H and O–H groups in total. The van der Waals surface area contributed by atoms with Gasteiger partial charge in [0.1, 0.15) is 11.5 Å². The highest BCUT2D eigenvalue weighted by Crippen LogP contribution is 2.51. The van der Waals surface area contributed by atoms with Crippen LogP contribution in [-0.4, -0.2) is 19.0 Å². The normalized spacial score (nSPS) is 13.2. The fraction of sp³-hybridized carbons (Fsp3) is 0.244. The summed E-state index contributed by atoms with van der Waals surface area (Å²) in [7, 11) is 0. The summed E-state index contributed by atoms with van der Waals surface area (Å²) >= 11 is 6.62. The highest BCUT2D eigenvalue weighted by atomic mass is 35.5. The Morgan fingerprint density at radius 2 is 1.49 bits per heavy atom. The van der Waals surface area contributed by atoms with Gasteiger partial charge >= 0.3 is 0 Å². The van der Waals surface area contributed by atoms with Gasteiger partial charge in [0.05, 0.1) is 16.8 Å². The molecule has 0 aliphatic carbocycles. The van der Waals surface area contributed by atoms with E-state index in [0.717, 1.165) is 89.4 Å². The van der Waals surface area contributed by atoms with Crippen LogP contribution in [0.1, 0.15) is 72.6 Å². The molecule has 1 unspecified atom stereocenters. The maximum absolute atomic E-state index is 14.0. The molecule has 0 radical (unpaired) electrons. The number of hydrogen-bond donors (Lipinski definition) is 2. The summed E-state index contributed by atoms with van der Waals surface area (Å²) in [6.45, 7) is 8.41. The van der Waals surface area contributed by atoms with Gasteiger partial charge in [0.15, 0.2) is 0 Å². The number of hydrogen-bond acceptors (Lipinski definition) is 4. The number of anilines is 3. The van der Waals surface area contributed by atoms with Gasteiger partial charge in [0, 0.05) is 52.8 Å². The van der Waals surface area contributed by atoms with Crippen molar-refractivity contribution in [2.75, 3.05) is 23.3 Å². The molecule has 1 amide bonds. The first-order chi connectivity index (χ1) is 23.0. The van der Waals surface area contributed by atoms with Gasteiger partial charge in [0.2, 0.25) is 0 Å². The van der Waals surface area contributed by atoms with Crippen molar-refractivity contribution >= 4 is 34.6 Å². The zero-order valence-electron chi connectivity index (χ0n) is 27.4. The standard InChI is InChI=1S/C41H42ClN3O2/c1-4-6-25-45(26-7-5-2)30-21-22-32-37(27-30)47-36-24-23-35(43-34-20-14-13-19-33(34)42)38(29-16-9-8-10-17-29)39(36)40(32)44-41(46)31-18-12-11-15-28(31)3/h8-24,27,40,43H,4-7,25-26H2,1-3H3,(H,44,46). The number of para-hydroxylation sites is 1. The predicted octanol–water partition coefficient (Wildman–Crippen LogP) is 11.1. The van der Waals surface area contributed by atoms with E-state index in [9.17, 15) is 4.79 Å². The van der Waals surface area contributed by atoms with Crippen LogP contribution in [0.2, 0.25) is 5.02 Å². The SMILES string of the molecule is CCCCN(CCCC)c1ccc2c(c1)Oc1ccc(Nc3ccccc3Cl)c(-c3ccccc3)c1C2NC(=O)c1ccccc1C. The number of fused-ring (bicyclic) bond motifs is 2. The monoisotopic (exact) mass is 643 g/mol. The Bertz CT molecular complexity index is 1850. The number of aryl methyl sites for hydroxylation is 1. The Kier molecular flexibility index (Phi) is 10.1. The molecule has 5 nitrogen and oxygen atoms in total. The number of rotatable bonds is 12. The van der Waals surface area contributed by atoms with Crippen LogP contribution in [0.15, 0.2) is 109 Å². The van der Waals surface area contributed by atoms with E-state index in [2.05, 4.69) is 59.7 Å². The summed E-state index contributed by atoms with van der Waals surface area (Å²) < 4.78 is 6.78. The molecule has 5 aromatic carbocycles. The van der Waals surface area contributed by atoms with Crippen LogP contribution >= 0.6 is 11.6 Å². The van der Waals surface area contributed by atoms with Crippen LogP contribution < -0.4 is 20.3 Å². The summed E-state index contributed by atoms with van der Waals surface area (Å²) in [5.41, 5.74) is 8.13. The van der Waals surface area contributed by atoms with Crippen LogP contribution in [-0.2, 0) is 0 Å². The largest absolute Gasteiger partial charge is 0.457 e.